The van der Waals surface area contributed by atoms with E-state index in [0.717, 1.165) is 12.8 Å². The van der Waals surface area contributed by atoms with Gasteiger partial charge >= 0.3 is 0 Å². The lowest BCUT2D eigenvalue weighted by Gasteiger charge is -2.07. The normalized spacial score (nSPS) is 15.7. The molecule has 1 saturated carbocycles. The third kappa shape index (κ3) is 2.00. The van der Waals surface area contributed by atoms with Gasteiger partial charge in [0.25, 0.3) is 6.43 Å². The number of nitrogens with zero attached hydrogens (tertiary/aromatic N) is 1. The third-order valence-electron chi connectivity index (χ3n) is 2.34. The van der Waals surface area contributed by atoms with Crippen molar-refractivity contribution in [2.45, 2.75) is 19.3 Å². The average Bonchev–Trinajstić information content (AvgIpc) is 2.98. The molecule has 1 aromatic heterocycles. The van der Waals surface area contributed by atoms with E-state index >= 15 is 0 Å². The van der Waals surface area contributed by atoms with E-state index in [2.05, 4.69) is 4.98 Å². The molecule has 0 aliphatic heterocycles. The van der Waals surface area contributed by atoms with Crippen molar-refractivity contribution >= 4 is 17.4 Å². The van der Waals surface area contributed by atoms with Crippen molar-refractivity contribution in [3.05, 3.63) is 28.5 Å². The smallest absolute Gasteiger partial charge is 0.267 e. The van der Waals surface area contributed by atoms with Gasteiger partial charge in [0.05, 0.1) is 10.6 Å². The Labute approximate surface area is 90.3 Å². The van der Waals surface area contributed by atoms with Crippen LogP contribution in [0.1, 0.15) is 35.3 Å². The first-order valence-corrected chi connectivity index (χ1v) is 4.96. The van der Waals surface area contributed by atoms with Crippen molar-refractivity contribution in [3.8, 4) is 0 Å². The highest BCUT2D eigenvalue weighted by Crippen LogP contribution is 2.36. The van der Waals surface area contributed by atoms with Gasteiger partial charge < -0.3 is 0 Å². The predicted molar refractivity (Wildman–Crippen MR) is 51.3 cm³/mol. The van der Waals surface area contributed by atoms with Crippen molar-refractivity contribution in [2.75, 3.05) is 0 Å². The number of hydrogen-bond acceptors (Lipinski definition) is 2. The van der Waals surface area contributed by atoms with Gasteiger partial charge in [-0.25, -0.2) is 8.78 Å². The number of alkyl halides is 2. The minimum Gasteiger partial charge on any atom is -0.292 e. The number of Topliss-reactive ketones (excluding diaryl/α,β-unsaturated/α-hetero) is 1. The van der Waals surface area contributed by atoms with E-state index in [1.165, 1.54) is 12.3 Å². The van der Waals surface area contributed by atoms with E-state index in [1.54, 1.807) is 0 Å². The summed E-state index contributed by atoms with van der Waals surface area (Å²) < 4.78 is 25.3. The number of aromatic nitrogens is 1. The second kappa shape index (κ2) is 3.85. The lowest BCUT2D eigenvalue weighted by molar-refractivity contribution is 0.0948. The molecule has 15 heavy (non-hydrogen) atoms. The Kier molecular flexibility index (Phi) is 2.69. The topological polar surface area (TPSA) is 30.0 Å². The summed E-state index contributed by atoms with van der Waals surface area (Å²) in [4.78, 5) is 15.3. The Morgan fingerprint density at radius 2 is 2.20 bits per heavy atom. The maximum Gasteiger partial charge on any atom is 0.267 e. The molecule has 0 N–H and O–H groups in total. The zero-order chi connectivity index (χ0) is 11.0. The summed E-state index contributed by atoms with van der Waals surface area (Å²) in [5, 5.41) is -0.0935. The standard InChI is InChI=1S/C10H8ClF2NO/c11-6-3-4-14-8(7(6)10(12)13)9(15)5-1-2-5/h3-5,10H,1-2H2. The first-order valence-electron chi connectivity index (χ1n) is 4.58. The van der Waals surface area contributed by atoms with Crippen LogP contribution < -0.4 is 0 Å². The molecule has 1 aromatic rings. The van der Waals surface area contributed by atoms with E-state index in [9.17, 15) is 13.6 Å². The number of pyridine rings is 1. The fourth-order valence-corrected chi connectivity index (χ4v) is 1.62. The zero-order valence-electron chi connectivity index (χ0n) is 7.71. The molecular formula is C10H8ClF2NO. The molecule has 0 unspecified atom stereocenters. The number of ketones is 1. The quantitative estimate of drug-likeness (QED) is 0.748. The molecule has 1 aliphatic rings. The van der Waals surface area contributed by atoms with E-state index in [4.69, 9.17) is 11.6 Å². The zero-order valence-corrected chi connectivity index (χ0v) is 8.47. The third-order valence-corrected chi connectivity index (χ3v) is 2.67. The van der Waals surface area contributed by atoms with Gasteiger partial charge in [-0.2, -0.15) is 0 Å². The number of rotatable bonds is 3. The summed E-state index contributed by atoms with van der Waals surface area (Å²) in [5.41, 5.74) is -0.601. The van der Waals surface area contributed by atoms with Crippen molar-refractivity contribution in [2.24, 2.45) is 5.92 Å². The lowest BCUT2D eigenvalue weighted by atomic mass is 10.1. The van der Waals surface area contributed by atoms with E-state index in [0.29, 0.717) is 0 Å². The van der Waals surface area contributed by atoms with E-state index < -0.39 is 12.0 Å². The highest BCUT2D eigenvalue weighted by molar-refractivity contribution is 6.31. The first-order chi connectivity index (χ1) is 7.11. The van der Waals surface area contributed by atoms with Crippen LogP contribution in [-0.4, -0.2) is 10.8 Å². The Hall–Kier alpha value is -1.03. The largest absolute Gasteiger partial charge is 0.292 e. The van der Waals surface area contributed by atoms with Crippen LogP contribution in [-0.2, 0) is 0 Å². The number of carbonyl (C=O) groups is 1. The summed E-state index contributed by atoms with van der Waals surface area (Å²) in [6.45, 7) is 0. The van der Waals surface area contributed by atoms with Gasteiger partial charge in [0, 0.05) is 12.1 Å². The minimum atomic E-state index is -2.76. The van der Waals surface area contributed by atoms with Gasteiger partial charge in [0.1, 0.15) is 5.69 Å². The number of halogens is 3. The molecule has 80 valence electrons. The van der Waals surface area contributed by atoms with Gasteiger partial charge in [0.15, 0.2) is 5.78 Å². The van der Waals surface area contributed by atoms with Crippen molar-refractivity contribution in [1.29, 1.82) is 0 Å². The molecule has 0 bridgehead atoms. The van der Waals surface area contributed by atoms with Crippen LogP contribution >= 0.6 is 11.6 Å². The number of hydrogen-bond donors (Lipinski definition) is 0. The van der Waals surface area contributed by atoms with E-state index in [-0.39, 0.29) is 22.4 Å². The second-order valence-corrected chi connectivity index (χ2v) is 3.90. The van der Waals surface area contributed by atoms with Gasteiger partial charge in [-0.15, -0.1) is 0 Å². The molecule has 0 atom stereocenters. The molecule has 5 heteroatoms. The fraction of sp³-hybridized carbons (Fsp3) is 0.400. The maximum atomic E-state index is 12.7. The molecule has 2 rings (SSSR count). The molecule has 2 nitrogen and oxygen atoms in total. The van der Waals surface area contributed by atoms with Crippen molar-refractivity contribution in [3.63, 3.8) is 0 Å². The van der Waals surface area contributed by atoms with Crippen LogP contribution in [0, 0.1) is 5.92 Å². The maximum absolute atomic E-state index is 12.7. The molecule has 0 aromatic carbocycles. The molecular weight excluding hydrogens is 224 g/mol. The van der Waals surface area contributed by atoms with E-state index in [1.807, 2.05) is 0 Å². The molecule has 1 aliphatic carbocycles. The van der Waals surface area contributed by atoms with Crippen LogP contribution in [0.4, 0.5) is 8.78 Å². The highest BCUT2D eigenvalue weighted by Gasteiger charge is 2.34. The van der Waals surface area contributed by atoms with Gasteiger partial charge in [0.2, 0.25) is 0 Å². The average molecular weight is 232 g/mol. The Bertz CT molecular complexity index is 404. The monoisotopic (exact) mass is 231 g/mol. The molecule has 1 heterocycles. The molecule has 0 saturated heterocycles. The molecule has 0 radical (unpaired) electrons. The van der Waals surface area contributed by atoms with Crippen LogP contribution in [0.3, 0.4) is 0 Å². The van der Waals surface area contributed by atoms with Crippen molar-refractivity contribution < 1.29 is 13.6 Å². The van der Waals surface area contributed by atoms with Gasteiger partial charge in [-0.3, -0.25) is 9.78 Å². The molecule has 0 spiro atoms. The lowest BCUT2D eigenvalue weighted by Crippen LogP contribution is -2.09. The summed E-state index contributed by atoms with van der Waals surface area (Å²) in [7, 11) is 0. The Morgan fingerprint density at radius 1 is 1.53 bits per heavy atom. The summed E-state index contributed by atoms with van der Waals surface area (Å²) in [6.07, 6.45) is 0.0406. The first kappa shape index (κ1) is 10.5. The minimum absolute atomic E-state index is 0.0935. The van der Waals surface area contributed by atoms with Gasteiger partial charge in [-0.05, 0) is 18.9 Å². The Balaban J connectivity index is 2.44. The van der Waals surface area contributed by atoms with Crippen molar-refractivity contribution in [1.82, 2.24) is 4.98 Å². The van der Waals surface area contributed by atoms with Crippen LogP contribution in [0.15, 0.2) is 12.3 Å². The predicted octanol–water partition coefficient (Wildman–Crippen LogP) is 3.27. The highest BCUT2D eigenvalue weighted by atomic mass is 35.5. The summed E-state index contributed by atoms with van der Waals surface area (Å²) >= 11 is 5.62. The fourth-order valence-electron chi connectivity index (χ4n) is 1.39. The SMILES string of the molecule is O=C(c1nccc(Cl)c1C(F)F)C1CC1. The summed E-state index contributed by atoms with van der Waals surface area (Å²) in [5.74, 6) is -0.443. The molecule has 0 amide bonds. The molecule has 1 fully saturated rings. The second-order valence-electron chi connectivity index (χ2n) is 3.49. The van der Waals surface area contributed by atoms with Crippen LogP contribution in [0.2, 0.25) is 5.02 Å². The van der Waals surface area contributed by atoms with Crippen LogP contribution in [0.5, 0.6) is 0 Å². The summed E-state index contributed by atoms with van der Waals surface area (Å²) in [6, 6.07) is 1.27. The van der Waals surface area contributed by atoms with Gasteiger partial charge in [-0.1, -0.05) is 11.6 Å². The van der Waals surface area contributed by atoms with Crippen LogP contribution in [0.25, 0.3) is 0 Å². The Morgan fingerprint density at radius 3 is 2.73 bits per heavy atom. The number of carbonyl (C=O) groups excluding carboxylic acids is 1.